The largest absolute Gasteiger partial charge is 0.496 e. The highest BCUT2D eigenvalue weighted by molar-refractivity contribution is 5.95. The summed E-state index contributed by atoms with van der Waals surface area (Å²) in [4.78, 5) is 12.1. The minimum Gasteiger partial charge on any atom is -0.496 e. The number of benzene rings is 1. The van der Waals surface area contributed by atoms with Crippen molar-refractivity contribution < 1.29 is 14.3 Å². The fraction of sp³-hybridized carbons (Fsp3) is 0.500. The number of nitrogens with one attached hydrogen (secondary N) is 2. The molecule has 1 amide bonds. The van der Waals surface area contributed by atoms with E-state index < -0.39 is 0 Å². The molecule has 5 nitrogen and oxygen atoms in total. The van der Waals surface area contributed by atoms with E-state index in [0.29, 0.717) is 23.6 Å². The normalized spacial score (nSPS) is 11.8. The highest BCUT2D eigenvalue weighted by Gasteiger charge is 2.13. The fourth-order valence-electron chi connectivity index (χ4n) is 1.67. The summed E-state index contributed by atoms with van der Waals surface area (Å²) in [5.74, 6) is 1.15. The Bertz CT molecular complexity index is 421. The third kappa shape index (κ3) is 3.86. The van der Waals surface area contributed by atoms with Crippen molar-refractivity contribution >= 4 is 5.91 Å². The summed E-state index contributed by atoms with van der Waals surface area (Å²) < 4.78 is 10.5. The summed E-state index contributed by atoms with van der Waals surface area (Å²) in [7, 11) is 5.01. The van der Waals surface area contributed by atoms with Crippen molar-refractivity contribution in [3.63, 3.8) is 0 Å². The van der Waals surface area contributed by atoms with Crippen molar-refractivity contribution in [2.75, 3.05) is 27.8 Å². The average molecular weight is 266 g/mol. The fourth-order valence-corrected chi connectivity index (χ4v) is 1.67. The maximum Gasteiger partial charge on any atom is 0.251 e. The molecular formula is C14H22N2O3. The van der Waals surface area contributed by atoms with Crippen LogP contribution in [0.15, 0.2) is 12.1 Å². The molecule has 0 bridgehead atoms. The summed E-state index contributed by atoms with van der Waals surface area (Å²) in [6.07, 6.45) is 0. The molecule has 1 aromatic carbocycles. The standard InChI is InChI=1S/C14H22N2O3/c1-9(15-3)8-16-14(17)11-6-12(18-4)10(2)13(7-11)19-5/h6-7,9,15H,8H2,1-5H3,(H,16,17). The van der Waals surface area contributed by atoms with E-state index in [2.05, 4.69) is 10.6 Å². The van der Waals surface area contributed by atoms with Crippen molar-refractivity contribution in [3.05, 3.63) is 23.3 Å². The van der Waals surface area contributed by atoms with Crippen molar-refractivity contribution in [1.82, 2.24) is 10.6 Å². The molecule has 0 heterocycles. The molecule has 1 rings (SSSR count). The molecule has 106 valence electrons. The lowest BCUT2D eigenvalue weighted by atomic mass is 10.1. The van der Waals surface area contributed by atoms with Crippen molar-refractivity contribution in [2.45, 2.75) is 19.9 Å². The van der Waals surface area contributed by atoms with Crippen molar-refractivity contribution in [2.24, 2.45) is 0 Å². The number of carbonyl (C=O) groups is 1. The van der Waals surface area contributed by atoms with Crippen LogP contribution in [-0.2, 0) is 0 Å². The lowest BCUT2D eigenvalue weighted by molar-refractivity contribution is 0.0950. The van der Waals surface area contributed by atoms with Gasteiger partial charge in [-0.05, 0) is 33.0 Å². The molecule has 19 heavy (non-hydrogen) atoms. The molecule has 0 fully saturated rings. The maximum absolute atomic E-state index is 12.1. The lowest BCUT2D eigenvalue weighted by Gasteiger charge is -2.14. The van der Waals surface area contributed by atoms with E-state index in [9.17, 15) is 4.79 Å². The Kier molecular flexibility index (Phi) is 5.63. The molecular weight excluding hydrogens is 244 g/mol. The van der Waals surface area contributed by atoms with Gasteiger partial charge in [-0.2, -0.15) is 0 Å². The molecule has 0 spiro atoms. The van der Waals surface area contributed by atoms with Gasteiger partial charge in [0.05, 0.1) is 14.2 Å². The maximum atomic E-state index is 12.1. The molecule has 1 unspecified atom stereocenters. The monoisotopic (exact) mass is 266 g/mol. The van der Waals surface area contributed by atoms with Crippen LogP contribution in [0.3, 0.4) is 0 Å². The summed E-state index contributed by atoms with van der Waals surface area (Å²) in [6.45, 7) is 4.45. The third-order valence-corrected chi connectivity index (χ3v) is 3.08. The number of ether oxygens (including phenoxy) is 2. The van der Waals surface area contributed by atoms with Gasteiger partial charge in [-0.1, -0.05) is 0 Å². The highest BCUT2D eigenvalue weighted by Crippen LogP contribution is 2.29. The summed E-state index contributed by atoms with van der Waals surface area (Å²) in [5, 5.41) is 5.92. The number of methoxy groups -OCH3 is 2. The quantitative estimate of drug-likeness (QED) is 0.816. The first-order chi connectivity index (χ1) is 9.03. The van der Waals surface area contributed by atoms with Gasteiger partial charge in [-0.3, -0.25) is 4.79 Å². The number of amides is 1. The Labute approximate surface area is 114 Å². The smallest absolute Gasteiger partial charge is 0.251 e. The first-order valence-corrected chi connectivity index (χ1v) is 6.21. The molecule has 0 saturated heterocycles. The van der Waals surface area contributed by atoms with Gasteiger partial charge in [0.15, 0.2) is 0 Å². The zero-order chi connectivity index (χ0) is 14.4. The van der Waals surface area contributed by atoms with E-state index in [1.165, 1.54) is 0 Å². The predicted octanol–water partition coefficient (Wildman–Crippen LogP) is 1.35. The molecule has 1 aromatic rings. The molecule has 0 saturated carbocycles. The van der Waals surface area contributed by atoms with Crippen LogP contribution in [0, 0.1) is 6.92 Å². The van der Waals surface area contributed by atoms with Crippen LogP contribution in [0.5, 0.6) is 11.5 Å². The molecule has 0 radical (unpaired) electrons. The van der Waals surface area contributed by atoms with Crippen LogP contribution in [0.25, 0.3) is 0 Å². The minimum absolute atomic E-state index is 0.140. The van der Waals surface area contributed by atoms with Crippen molar-refractivity contribution in [3.8, 4) is 11.5 Å². The van der Waals surface area contributed by atoms with Crippen LogP contribution < -0.4 is 20.1 Å². The van der Waals surface area contributed by atoms with Gasteiger partial charge >= 0.3 is 0 Å². The molecule has 0 aliphatic rings. The first kappa shape index (κ1) is 15.3. The van der Waals surface area contributed by atoms with Crippen LogP contribution in [0.2, 0.25) is 0 Å². The SMILES string of the molecule is CNC(C)CNC(=O)c1cc(OC)c(C)c(OC)c1. The molecule has 5 heteroatoms. The van der Waals surface area contributed by atoms with Crippen LogP contribution >= 0.6 is 0 Å². The Morgan fingerprint density at radius 2 is 1.79 bits per heavy atom. The van der Waals surface area contributed by atoms with Crippen LogP contribution in [0.1, 0.15) is 22.8 Å². The zero-order valence-corrected chi connectivity index (χ0v) is 12.2. The second-order valence-corrected chi connectivity index (χ2v) is 4.41. The Balaban J connectivity index is 2.91. The molecule has 0 aliphatic heterocycles. The second-order valence-electron chi connectivity index (χ2n) is 4.41. The minimum atomic E-state index is -0.140. The second kappa shape index (κ2) is 6.99. The molecule has 1 atom stereocenters. The average Bonchev–Trinajstić information content (AvgIpc) is 2.44. The van der Waals surface area contributed by atoms with Crippen molar-refractivity contribution in [1.29, 1.82) is 0 Å². The number of likely N-dealkylation sites (N-methyl/N-ethyl adjacent to an activating group) is 1. The molecule has 2 N–H and O–H groups in total. The van der Waals surface area contributed by atoms with E-state index in [4.69, 9.17) is 9.47 Å². The third-order valence-electron chi connectivity index (χ3n) is 3.08. The van der Waals surface area contributed by atoms with E-state index in [-0.39, 0.29) is 11.9 Å². The van der Waals surface area contributed by atoms with E-state index in [0.717, 1.165) is 5.56 Å². The summed E-state index contributed by atoms with van der Waals surface area (Å²) in [5.41, 5.74) is 1.41. The van der Waals surface area contributed by atoms with Crippen LogP contribution in [0.4, 0.5) is 0 Å². The van der Waals surface area contributed by atoms with Gasteiger partial charge in [0, 0.05) is 23.7 Å². The number of rotatable bonds is 6. The zero-order valence-electron chi connectivity index (χ0n) is 12.2. The number of carbonyl (C=O) groups excluding carboxylic acids is 1. The van der Waals surface area contributed by atoms with E-state index in [1.807, 2.05) is 20.9 Å². The Morgan fingerprint density at radius 1 is 1.26 bits per heavy atom. The Hall–Kier alpha value is -1.75. The van der Waals surface area contributed by atoms with Gasteiger partial charge in [0.2, 0.25) is 0 Å². The number of hydrogen-bond acceptors (Lipinski definition) is 4. The number of hydrogen-bond donors (Lipinski definition) is 2. The van der Waals surface area contributed by atoms with E-state index >= 15 is 0 Å². The van der Waals surface area contributed by atoms with Gasteiger partial charge in [0.25, 0.3) is 5.91 Å². The first-order valence-electron chi connectivity index (χ1n) is 6.21. The summed E-state index contributed by atoms with van der Waals surface area (Å²) >= 11 is 0. The van der Waals surface area contributed by atoms with Crippen LogP contribution in [-0.4, -0.2) is 39.8 Å². The Morgan fingerprint density at radius 3 is 2.21 bits per heavy atom. The molecule has 0 aliphatic carbocycles. The lowest BCUT2D eigenvalue weighted by Crippen LogP contribution is -2.37. The topological polar surface area (TPSA) is 59.6 Å². The highest BCUT2D eigenvalue weighted by atomic mass is 16.5. The molecule has 0 aromatic heterocycles. The predicted molar refractivity (Wildman–Crippen MR) is 75.1 cm³/mol. The van der Waals surface area contributed by atoms with Gasteiger partial charge in [-0.15, -0.1) is 0 Å². The van der Waals surface area contributed by atoms with Gasteiger partial charge in [-0.25, -0.2) is 0 Å². The van der Waals surface area contributed by atoms with Gasteiger partial charge in [0.1, 0.15) is 11.5 Å². The van der Waals surface area contributed by atoms with Gasteiger partial charge < -0.3 is 20.1 Å². The van der Waals surface area contributed by atoms with E-state index in [1.54, 1.807) is 26.4 Å². The summed E-state index contributed by atoms with van der Waals surface area (Å²) in [6, 6.07) is 3.66.